The van der Waals surface area contributed by atoms with Crippen molar-refractivity contribution in [2.45, 2.75) is 24.1 Å². The van der Waals surface area contributed by atoms with Crippen LogP contribution in [0.1, 0.15) is 34.7 Å². The molecule has 1 aliphatic rings. The molecule has 7 rings (SSSR count). The van der Waals surface area contributed by atoms with Gasteiger partial charge in [-0.25, -0.2) is 0 Å². The lowest BCUT2D eigenvalue weighted by Gasteiger charge is -2.42. The molecular formula is C45H38N2O4S. The first-order valence-corrected chi connectivity index (χ1v) is 18.2. The Morgan fingerprint density at radius 1 is 0.635 bits per heavy atom. The topological polar surface area (TPSA) is 68.2 Å². The van der Waals surface area contributed by atoms with Gasteiger partial charge in [0, 0.05) is 0 Å². The molecule has 0 aromatic heterocycles. The zero-order valence-corrected chi connectivity index (χ0v) is 29.6. The van der Waals surface area contributed by atoms with Gasteiger partial charge in [-0.2, -0.15) is 0 Å². The highest BCUT2D eigenvalue weighted by atomic mass is 32.2. The lowest BCUT2D eigenvalue weighted by atomic mass is 9.75. The lowest BCUT2D eigenvalue weighted by molar-refractivity contribution is -0.129. The molecule has 6 aromatic carbocycles. The number of amides is 2. The molecule has 6 aromatic rings. The molecule has 1 heterocycles. The number of hydrogen-bond donors (Lipinski definition) is 0. The zero-order valence-electron chi connectivity index (χ0n) is 28.8. The molecule has 52 heavy (non-hydrogen) atoms. The van der Waals surface area contributed by atoms with Gasteiger partial charge >= 0.3 is 0 Å². The van der Waals surface area contributed by atoms with Crippen molar-refractivity contribution in [1.29, 1.82) is 0 Å². The van der Waals surface area contributed by atoms with Gasteiger partial charge in [0.25, 0.3) is 5.24 Å². The number of rotatable bonds is 13. The Morgan fingerprint density at radius 2 is 1.13 bits per heavy atom. The average Bonchev–Trinajstić information content (AvgIpc) is 3.48. The van der Waals surface area contributed by atoms with Gasteiger partial charge in [0.05, 0.1) is 11.0 Å². The number of thioether (sulfide) groups is 1. The van der Waals surface area contributed by atoms with E-state index >= 15 is 0 Å². The number of imide groups is 1. The first kappa shape index (κ1) is 34.5. The van der Waals surface area contributed by atoms with Gasteiger partial charge in [-0.05, 0) is 64.4 Å². The minimum absolute atomic E-state index is 0.216. The van der Waals surface area contributed by atoms with Gasteiger partial charge in [-0.3, -0.25) is 14.5 Å². The number of nitrogens with zero attached hydrogens (tertiary/aromatic N) is 2. The van der Waals surface area contributed by atoms with Crippen LogP contribution in [0, 0.1) is 0 Å². The summed E-state index contributed by atoms with van der Waals surface area (Å²) in [5, 5.41) is 3.42. The highest BCUT2D eigenvalue weighted by molar-refractivity contribution is 8.15. The highest BCUT2D eigenvalue weighted by Crippen LogP contribution is 2.47. The normalized spacial score (nSPS) is 14.8. The van der Waals surface area contributed by atoms with Gasteiger partial charge in [0.2, 0.25) is 5.91 Å². The van der Waals surface area contributed by atoms with Crippen molar-refractivity contribution in [1.82, 2.24) is 4.90 Å². The molecule has 1 atom stereocenters. The summed E-state index contributed by atoms with van der Waals surface area (Å²) < 4.78 is 5.90. The molecule has 0 spiro atoms. The van der Waals surface area contributed by atoms with Crippen molar-refractivity contribution in [3.8, 4) is 16.9 Å². The van der Waals surface area contributed by atoms with Gasteiger partial charge in [-0.1, -0.05) is 175 Å². The maximum atomic E-state index is 14.4. The Kier molecular flexibility index (Phi) is 10.6. The Hall–Kier alpha value is -5.92. The first-order chi connectivity index (χ1) is 25.5. The zero-order chi connectivity index (χ0) is 35.8. The fourth-order valence-electron chi connectivity index (χ4n) is 6.68. The second-order valence-electron chi connectivity index (χ2n) is 12.5. The predicted octanol–water partition coefficient (Wildman–Crippen LogP) is 9.77. The Labute approximate surface area is 308 Å². The molecule has 1 aliphatic heterocycles. The fraction of sp³-hybridized carbons (Fsp3) is 0.133. The second kappa shape index (κ2) is 16.0. The van der Waals surface area contributed by atoms with Crippen LogP contribution >= 0.6 is 11.8 Å². The van der Waals surface area contributed by atoms with E-state index in [0.717, 1.165) is 50.9 Å². The maximum Gasteiger partial charge on any atom is 0.290 e. The van der Waals surface area contributed by atoms with E-state index in [0.29, 0.717) is 25.4 Å². The highest BCUT2D eigenvalue weighted by Gasteiger charge is 2.53. The minimum Gasteiger partial charge on any atom is -0.490 e. The standard InChI is InChI=1S/C45H38N2O4S/c1-33(35-24-26-37(27-25-35)36-14-6-2-7-15-36)46-51-31-30-50-41-28-22-34(23-29-41)32-42-43(48)47(44(49)52-42)45(38-16-8-3-9-17-38,39-18-10-4-11-19-39)40-20-12-5-13-21-40/h2-29,42H,30-32H2,1H3. The lowest BCUT2D eigenvalue weighted by Crippen LogP contribution is -2.51. The summed E-state index contributed by atoms with van der Waals surface area (Å²) in [6, 6.07) is 55.6. The minimum atomic E-state index is -1.13. The number of carbonyl (C=O) groups is 2. The van der Waals surface area contributed by atoms with Crippen LogP contribution in [0.2, 0.25) is 0 Å². The molecule has 6 nitrogen and oxygen atoms in total. The van der Waals surface area contributed by atoms with E-state index in [9.17, 15) is 9.59 Å². The quantitative estimate of drug-likeness (QED) is 0.0519. The molecule has 0 N–H and O–H groups in total. The van der Waals surface area contributed by atoms with Crippen LogP contribution in [-0.4, -0.2) is 40.2 Å². The SMILES string of the molecule is CC(=NOCCOc1ccc(CC2SC(=O)N(C(c3ccccc3)(c3ccccc3)c3ccccc3)C2=O)cc1)c1ccc(-c2ccccc2)cc1. The summed E-state index contributed by atoms with van der Waals surface area (Å²) in [7, 11) is 0. The van der Waals surface area contributed by atoms with Crippen molar-refractivity contribution in [3.63, 3.8) is 0 Å². The maximum absolute atomic E-state index is 14.4. The molecule has 1 unspecified atom stereocenters. The average molecular weight is 703 g/mol. The second-order valence-corrected chi connectivity index (χ2v) is 13.7. The molecular weight excluding hydrogens is 665 g/mol. The number of benzene rings is 6. The number of oxime groups is 1. The predicted molar refractivity (Wildman–Crippen MR) is 209 cm³/mol. The Bertz CT molecular complexity index is 2030. The van der Waals surface area contributed by atoms with Crippen LogP contribution in [0.4, 0.5) is 4.79 Å². The van der Waals surface area contributed by atoms with Crippen LogP contribution in [0.25, 0.3) is 11.1 Å². The summed E-state index contributed by atoms with van der Waals surface area (Å²) in [5.74, 6) is 0.468. The smallest absolute Gasteiger partial charge is 0.290 e. The summed E-state index contributed by atoms with van der Waals surface area (Å²) in [6.07, 6.45) is 0.407. The van der Waals surface area contributed by atoms with Gasteiger partial charge < -0.3 is 9.57 Å². The molecule has 7 heteroatoms. The van der Waals surface area contributed by atoms with Crippen LogP contribution < -0.4 is 4.74 Å². The van der Waals surface area contributed by atoms with Crippen molar-refractivity contribution < 1.29 is 19.2 Å². The van der Waals surface area contributed by atoms with Crippen LogP contribution in [0.3, 0.4) is 0 Å². The van der Waals surface area contributed by atoms with E-state index in [-0.39, 0.29) is 11.1 Å². The third kappa shape index (κ3) is 7.27. The molecule has 1 saturated heterocycles. The Balaban J connectivity index is 0.992. The van der Waals surface area contributed by atoms with Crippen molar-refractivity contribution in [3.05, 3.63) is 198 Å². The van der Waals surface area contributed by atoms with E-state index in [4.69, 9.17) is 9.57 Å². The van der Waals surface area contributed by atoms with E-state index < -0.39 is 10.8 Å². The molecule has 0 radical (unpaired) electrons. The largest absolute Gasteiger partial charge is 0.490 e. The monoisotopic (exact) mass is 702 g/mol. The van der Waals surface area contributed by atoms with Crippen molar-refractivity contribution in [2.24, 2.45) is 5.16 Å². The summed E-state index contributed by atoms with van der Waals surface area (Å²) in [6.45, 7) is 2.53. The molecule has 1 fully saturated rings. The van der Waals surface area contributed by atoms with Gasteiger partial charge in [0.15, 0.2) is 6.61 Å². The molecule has 0 saturated carbocycles. The molecule has 258 valence electrons. The van der Waals surface area contributed by atoms with Crippen LogP contribution in [0.15, 0.2) is 175 Å². The third-order valence-corrected chi connectivity index (χ3v) is 10.3. The van der Waals surface area contributed by atoms with Gasteiger partial charge in [-0.15, -0.1) is 0 Å². The van der Waals surface area contributed by atoms with E-state index in [1.54, 1.807) is 0 Å². The van der Waals surface area contributed by atoms with Crippen LogP contribution in [-0.2, 0) is 21.6 Å². The summed E-state index contributed by atoms with van der Waals surface area (Å²) >= 11 is 1.09. The van der Waals surface area contributed by atoms with Crippen LogP contribution in [0.5, 0.6) is 5.75 Å². The fourth-order valence-corrected chi connectivity index (χ4v) is 7.74. The number of ether oxygens (including phenoxy) is 1. The number of carbonyl (C=O) groups excluding carboxylic acids is 2. The summed E-state index contributed by atoms with van der Waals surface area (Å²) in [5.41, 5.74) is 6.45. The summed E-state index contributed by atoms with van der Waals surface area (Å²) in [4.78, 5) is 35.4. The van der Waals surface area contributed by atoms with E-state index in [1.165, 1.54) is 10.5 Å². The van der Waals surface area contributed by atoms with Crippen molar-refractivity contribution in [2.75, 3.05) is 13.2 Å². The Morgan fingerprint density at radius 3 is 1.67 bits per heavy atom. The molecule has 0 aliphatic carbocycles. The molecule has 2 amide bonds. The van der Waals surface area contributed by atoms with Gasteiger partial charge in [0.1, 0.15) is 17.9 Å². The van der Waals surface area contributed by atoms with E-state index in [2.05, 4.69) is 29.4 Å². The van der Waals surface area contributed by atoms with Crippen molar-refractivity contribution >= 4 is 28.6 Å². The third-order valence-electron chi connectivity index (χ3n) is 9.23. The molecule has 0 bridgehead atoms. The number of hydrogen-bond acceptors (Lipinski definition) is 6. The first-order valence-electron chi connectivity index (χ1n) is 17.3. The van der Waals surface area contributed by atoms with E-state index in [1.807, 2.05) is 153 Å².